The van der Waals surface area contributed by atoms with Crippen molar-refractivity contribution in [1.82, 2.24) is 4.31 Å². The van der Waals surface area contributed by atoms with Gasteiger partial charge in [-0.1, -0.05) is 24.1 Å². The van der Waals surface area contributed by atoms with Crippen LogP contribution in [0.1, 0.15) is 48.0 Å². The van der Waals surface area contributed by atoms with Crippen molar-refractivity contribution in [1.29, 1.82) is 0 Å². The molecule has 2 aliphatic heterocycles. The lowest BCUT2D eigenvalue weighted by atomic mass is 10.1. The van der Waals surface area contributed by atoms with Crippen LogP contribution >= 0.6 is 0 Å². The summed E-state index contributed by atoms with van der Waals surface area (Å²) in [7, 11) is -1.87. The van der Waals surface area contributed by atoms with Gasteiger partial charge in [-0.3, -0.25) is 4.79 Å². The van der Waals surface area contributed by atoms with E-state index in [0.717, 1.165) is 62.1 Å². The molecule has 2 aromatic carbocycles. The second-order valence-electron chi connectivity index (χ2n) is 8.54. The van der Waals surface area contributed by atoms with Gasteiger partial charge in [-0.05, 0) is 62.9 Å². The molecule has 0 radical (unpaired) electrons. The Labute approximate surface area is 185 Å². The molecule has 2 saturated heterocycles. The number of hydrogen-bond donors (Lipinski definition) is 0. The van der Waals surface area contributed by atoms with Gasteiger partial charge in [0.2, 0.25) is 10.0 Å². The summed E-state index contributed by atoms with van der Waals surface area (Å²) in [5, 5.41) is 0. The summed E-state index contributed by atoms with van der Waals surface area (Å²) in [4.78, 5) is 17.6. The third kappa shape index (κ3) is 4.48. The highest BCUT2D eigenvalue weighted by Gasteiger charge is 2.29. The molecule has 2 aliphatic rings. The fourth-order valence-corrected chi connectivity index (χ4v) is 5.95. The van der Waals surface area contributed by atoms with Crippen LogP contribution in [0.5, 0.6) is 0 Å². The number of rotatable bonds is 5. The minimum absolute atomic E-state index is 0.193. The molecule has 2 heterocycles. The fraction of sp³-hybridized carbons (Fsp3) is 0.458. The topological polar surface area (TPSA) is 60.9 Å². The van der Waals surface area contributed by atoms with E-state index in [-0.39, 0.29) is 10.8 Å². The van der Waals surface area contributed by atoms with Gasteiger partial charge >= 0.3 is 0 Å². The molecule has 2 fully saturated rings. The molecule has 166 valence electrons. The lowest BCUT2D eigenvalue weighted by molar-refractivity contribution is 0.0993. The fourth-order valence-electron chi connectivity index (χ4n) is 4.40. The molecule has 1 amide bonds. The van der Waals surface area contributed by atoms with Crippen molar-refractivity contribution in [3.05, 3.63) is 53.6 Å². The number of anilines is 2. The Kier molecular flexibility index (Phi) is 6.34. The van der Waals surface area contributed by atoms with Crippen molar-refractivity contribution in [2.75, 3.05) is 43.0 Å². The standard InChI is InChI=1S/C24H31N3O3S/c1-19-8-10-20(11-9-19)25(2)24(28)22-18-21(12-13-23(22)26-14-6-7-15-26)31(29,30)27-16-4-3-5-17-27/h8-13,18H,3-7,14-17H2,1-2H3. The van der Waals surface area contributed by atoms with E-state index in [2.05, 4.69) is 4.90 Å². The quantitative estimate of drug-likeness (QED) is 0.702. The van der Waals surface area contributed by atoms with Crippen molar-refractivity contribution in [3.63, 3.8) is 0 Å². The number of amides is 1. The number of hydrogen-bond acceptors (Lipinski definition) is 4. The SMILES string of the molecule is Cc1ccc(N(C)C(=O)c2cc(S(=O)(=O)N3CCCCC3)ccc2N2CCCC2)cc1. The van der Waals surface area contributed by atoms with Gasteiger partial charge in [0.15, 0.2) is 0 Å². The highest BCUT2D eigenvalue weighted by molar-refractivity contribution is 7.89. The average Bonchev–Trinajstić information content (AvgIpc) is 3.33. The van der Waals surface area contributed by atoms with Gasteiger partial charge in [0.05, 0.1) is 10.5 Å². The molecule has 6 nitrogen and oxygen atoms in total. The molecule has 0 spiro atoms. The number of carbonyl (C=O) groups is 1. The third-order valence-electron chi connectivity index (χ3n) is 6.32. The van der Waals surface area contributed by atoms with Crippen molar-refractivity contribution >= 4 is 27.3 Å². The van der Waals surface area contributed by atoms with Crippen molar-refractivity contribution in [2.45, 2.75) is 43.9 Å². The van der Waals surface area contributed by atoms with Crippen LogP contribution in [0, 0.1) is 6.92 Å². The molecular formula is C24H31N3O3S. The summed E-state index contributed by atoms with van der Waals surface area (Å²) < 4.78 is 28.1. The van der Waals surface area contributed by atoms with E-state index < -0.39 is 10.0 Å². The second-order valence-corrected chi connectivity index (χ2v) is 10.5. The molecule has 0 N–H and O–H groups in total. The highest BCUT2D eigenvalue weighted by Crippen LogP contribution is 2.31. The van der Waals surface area contributed by atoms with Gasteiger partial charge < -0.3 is 9.80 Å². The van der Waals surface area contributed by atoms with E-state index in [9.17, 15) is 13.2 Å². The zero-order chi connectivity index (χ0) is 22.0. The number of piperidine rings is 1. The summed E-state index contributed by atoms with van der Waals surface area (Å²) in [6.07, 6.45) is 4.98. The summed E-state index contributed by atoms with van der Waals surface area (Å²) in [5.41, 5.74) is 3.17. The minimum atomic E-state index is -3.61. The van der Waals surface area contributed by atoms with Gasteiger partial charge in [-0.25, -0.2) is 8.42 Å². The molecule has 31 heavy (non-hydrogen) atoms. The van der Waals surface area contributed by atoms with Gasteiger partial charge in [-0.2, -0.15) is 4.31 Å². The Morgan fingerprint density at radius 2 is 1.48 bits per heavy atom. The van der Waals surface area contributed by atoms with Crippen molar-refractivity contribution in [3.8, 4) is 0 Å². The van der Waals surface area contributed by atoms with Crippen LogP contribution in [0.2, 0.25) is 0 Å². The number of aryl methyl sites for hydroxylation is 1. The first-order valence-corrected chi connectivity index (χ1v) is 12.6. The molecular weight excluding hydrogens is 410 g/mol. The van der Waals surface area contributed by atoms with Crippen molar-refractivity contribution in [2.24, 2.45) is 0 Å². The van der Waals surface area contributed by atoms with Gasteiger partial charge in [0, 0.05) is 44.6 Å². The summed E-state index contributed by atoms with van der Waals surface area (Å²) in [5.74, 6) is -0.193. The van der Waals surface area contributed by atoms with E-state index in [1.54, 1.807) is 28.4 Å². The van der Waals surface area contributed by atoms with E-state index in [0.29, 0.717) is 18.7 Å². The Bertz CT molecular complexity index is 1040. The smallest absolute Gasteiger partial charge is 0.260 e. The van der Waals surface area contributed by atoms with Gasteiger partial charge in [0.1, 0.15) is 0 Å². The lowest BCUT2D eigenvalue weighted by Crippen LogP contribution is -2.36. The summed E-state index contributed by atoms with van der Waals surface area (Å²) in [6.45, 7) is 4.86. The lowest BCUT2D eigenvalue weighted by Gasteiger charge is -2.28. The molecule has 0 aromatic heterocycles. The number of benzene rings is 2. The van der Waals surface area contributed by atoms with Gasteiger partial charge in [0.25, 0.3) is 5.91 Å². The first-order valence-electron chi connectivity index (χ1n) is 11.1. The average molecular weight is 442 g/mol. The third-order valence-corrected chi connectivity index (χ3v) is 8.22. The summed E-state index contributed by atoms with van der Waals surface area (Å²) >= 11 is 0. The number of carbonyl (C=O) groups excluding carboxylic acids is 1. The molecule has 0 saturated carbocycles. The van der Waals surface area contributed by atoms with Crippen LogP contribution in [0.3, 0.4) is 0 Å². The molecule has 0 aliphatic carbocycles. The van der Waals surface area contributed by atoms with Crippen LogP contribution in [0.4, 0.5) is 11.4 Å². The second kappa shape index (κ2) is 9.01. The zero-order valence-electron chi connectivity index (χ0n) is 18.4. The number of sulfonamides is 1. The van der Waals surface area contributed by atoms with Crippen molar-refractivity contribution < 1.29 is 13.2 Å². The Balaban J connectivity index is 1.73. The largest absolute Gasteiger partial charge is 0.371 e. The van der Waals surface area contributed by atoms with Crippen LogP contribution in [0.15, 0.2) is 47.4 Å². The maximum atomic E-state index is 13.6. The summed E-state index contributed by atoms with van der Waals surface area (Å²) in [6, 6.07) is 12.8. The van der Waals surface area contributed by atoms with E-state index in [1.165, 1.54) is 0 Å². The predicted octanol–water partition coefficient (Wildman–Crippen LogP) is 4.05. The monoisotopic (exact) mass is 441 g/mol. The zero-order valence-corrected chi connectivity index (χ0v) is 19.2. The minimum Gasteiger partial charge on any atom is -0.371 e. The normalized spacial score (nSPS) is 17.7. The molecule has 7 heteroatoms. The van der Waals surface area contributed by atoms with E-state index in [1.807, 2.05) is 37.3 Å². The Morgan fingerprint density at radius 3 is 2.13 bits per heavy atom. The molecule has 0 atom stereocenters. The van der Waals surface area contributed by atoms with E-state index in [4.69, 9.17) is 0 Å². The van der Waals surface area contributed by atoms with Crippen LogP contribution < -0.4 is 9.80 Å². The van der Waals surface area contributed by atoms with E-state index >= 15 is 0 Å². The highest BCUT2D eigenvalue weighted by atomic mass is 32.2. The molecule has 4 rings (SSSR count). The predicted molar refractivity (Wildman–Crippen MR) is 124 cm³/mol. The Morgan fingerprint density at radius 1 is 0.871 bits per heavy atom. The maximum Gasteiger partial charge on any atom is 0.260 e. The van der Waals surface area contributed by atoms with Gasteiger partial charge in [-0.15, -0.1) is 0 Å². The first-order chi connectivity index (χ1) is 14.9. The molecule has 0 unspecified atom stereocenters. The number of nitrogens with zero attached hydrogens (tertiary/aromatic N) is 3. The molecule has 0 bridgehead atoms. The Hall–Kier alpha value is -2.38. The maximum absolute atomic E-state index is 13.6. The van der Waals surface area contributed by atoms with Crippen LogP contribution in [-0.4, -0.2) is 51.9 Å². The van der Waals surface area contributed by atoms with Crippen LogP contribution in [0.25, 0.3) is 0 Å². The molecule has 2 aromatic rings. The first kappa shape index (κ1) is 21.8. The van der Waals surface area contributed by atoms with Crippen LogP contribution in [-0.2, 0) is 10.0 Å².